The molecule has 3 aromatic rings. The summed E-state index contributed by atoms with van der Waals surface area (Å²) < 4.78 is 15.5. The average molecular weight is 441 g/mol. The zero-order valence-corrected chi connectivity index (χ0v) is 16.2. The van der Waals surface area contributed by atoms with E-state index in [0.29, 0.717) is 19.8 Å². The molecule has 122 valence electrons. The van der Waals surface area contributed by atoms with Gasteiger partial charge in [-0.05, 0) is 31.2 Å². The molecular weight excluding hydrogens is 422 g/mol. The van der Waals surface area contributed by atoms with E-state index in [4.69, 9.17) is 9.47 Å². The number of ether oxygens (including phenoxy) is 2. The molecule has 1 aromatic heterocycles. The van der Waals surface area contributed by atoms with Crippen LogP contribution in [0.5, 0.6) is 0 Å². The van der Waals surface area contributed by atoms with Crippen LogP contribution >= 0.6 is 31.9 Å². The Labute approximate surface area is 152 Å². The van der Waals surface area contributed by atoms with E-state index < -0.39 is 0 Å². The van der Waals surface area contributed by atoms with Gasteiger partial charge in [0.15, 0.2) is 0 Å². The van der Waals surface area contributed by atoms with Crippen molar-refractivity contribution in [3.8, 4) is 0 Å². The van der Waals surface area contributed by atoms with Crippen LogP contribution in [0.2, 0.25) is 0 Å². The summed E-state index contributed by atoms with van der Waals surface area (Å²) in [5.41, 5.74) is 2.45. The molecule has 0 fully saturated rings. The fourth-order valence-electron chi connectivity index (χ4n) is 2.80. The summed E-state index contributed by atoms with van der Waals surface area (Å²) in [7, 11) is 0. The summed E-state index contributed by atoms with van der Waals surface area (Å²) in [4.78, 5) is 0. The Hall–Kier alpha value is -0.880. The van der Waals surface area contributed by atoms with Crippen LogP contribution in [0.1, 0.15) is 6.92 Å². The molecule has 0 radical (unpaired) electrons. The number of rotatable bonds is 7. The predicted molar refractivity (Wildman–Crippen MR) is 102 cm³/mol. The topological polar surface area (TPSA) is 23.4 Å². The molecule has 5 heteroatoms. The van der Waals surface area contributed by atoms with Gasteiger partial charge in [0, 0.05) is 32.9 Å². The second kappa shape index (κ2) is 7.79. The van der Waals surface area contributed by atoms with Gasteiger partial charge in [-0.1, -0.05) is 44.0 Å². The number of aromatic nitrogens is 1. The Balaban J connectivity index is 1.89. The van der Waals surface area contributed by atoms with E-state index in [0.717, 1.165) is 22.1 Å². The summed E-state index contributed by atoms with van der Waals surface area (Å²) >= 11 is 7.16. The number of hydrogen-bond acceptors (Lipinski definition) is 2. The van der Waals surface area contributed by atoms with Crippen molar-refractivity contribution in [2.24, 2.45) is 0 Å². The maximum absolute atomic E-state index is 5.70. The minimum absolute atomic E-state index is 0.637. The quantitative estimate of drug-likeness (QED) is 0.461. The SMILES string of the molecule is CCOCCOCCn1c2cc(Br)ccc2c2ccc(Br)cc21. The fraction of sp³-hybridized carbons (Fsp3) is 0.333. The molecule has 0 amide bonds. The van der Waals surface area contributed by atoms with Gasteiger partial charge in [0.05, 0.1) is 30.9 Å². The van der Waals surface area contributed by atoms with Crippen molar-refractivity contribution in [3.05, 3.63) is 45.3 Å². The minimum atomic E-state index is 0.637. The number of fused-ring (bicyclic) bond motifs is 3. The van der Waals surface area contributed by atoms with Crippen molar-refractivity contribution in [2.75, 3.05) is 26.4 Å². The first-order chi connectivity index (χ1) is 11.2. The van der Waals surface area contributed by atoms with Crippen molar-refractivity contribution < 1.29 is 9.47 Å². The fourth-order valence-corrected chi connectivity index (χ4v) is 3.50. The van der Waals surface area contributed by atoms with Crippen LogP contribution in [0.25, 0.3) is 21.8 Å². The van der Waals surface area contributed by atoms with Crippen molar-refractivity contribution >= 4 is 53.7 Å². The third kappa shape index (κ3) is 3.79. The largest absolute Gasteiger partial charge is 0.379 e. The predicted octanol–water partition coefficient (Wildman–Crippen LogP) is 5.37. The van der Waals surface area contributed by atoms with Gasteiger partial charge in [0.2, 0.25) is 0 Å². The summed E-state index contributed by atoms with van der Waals surface area (Å²) in [6.07, 6.45) is 0. The van der Waals surface area contributed by atoms with Gasteiger partial charge < -0.3 is 14.0 Å². The maximum atomic E-state index is 5.70. The molecule has 23 heavy (non-hydrogen) atoms. The smallest absolute Gasteiger partial charge is 0.0701 e. The molecule has 0 saturated carbocycles. The van der Waals surface area contributed by atoms with Crippen LogP contribution < -0.4 is 0 Å². The van der Waals surface area contributed by atoms with Crippen molar-refractivity contribution in [1.29, 1.82) is 0 Å². The van der Waals surface area contributed by atoms with E-state index in [1.807, 2.05) is 6.92 Å². The highest BCUT2D eigenvalue weighted by Gasteiger charge is 2.11. The van der Waals surface area contributed by atoms with Crippen molar-refractivity contribution in [2.45, 2.75) is 13.5 Å². The molecule has 3 rings (SSSR count). The molecule has 0 atom stereocenters. The van der Waals surface area contributed by atoms with Crippen molar-refractivity contribution in [3.63, 3.8) is 0 Å². The average Bonchev–Trinajstić information content (AvgIpc) is 2.83. The normalized spacial score (nSPS) is 11.6. The highest BCUT2D eigenvalue weighted by atomic mass is 79.9. The first-order valence-corrected chi connectivity index (χ1v) is 9.32. The lowest BCUT2D eigenvalue weighted by Crippen LogP contribution is -2.10. The number of nitrogens with zero attached hydrogens (tertiary/aromatic N) is 1. The molecule has 0 spiro atoms. The van der Waals surface area contributed by atoms with E-state index in [9.17, 15) is 0 Å². The van der Waals surface area contributed by atoms with Crippen LogP contribution in [-0.2, 0) is 16.0 Å². The summed E-state index contributed by atoms with van der Waals surface area (Å²) in [6.45, 7) is 5.51. The first-order valence-electron chi connectivity index (χ1n) is 7.73. The molecule has 1 heterocycles. The van der Waals surface area contributed by atoms with E-state index in [-0.39, 0.29) is 0 Å². The minimum Gasteiger partial charge on any atom is -0.379 e. The highest BCUT2D eigenvalue weighted by Crippen LogP contribution is 2.32. The summed E-state index contributed by atoms with van der Waals surface area (Å²) in [5, 5.41) is 2.54. The third-order valence-electron chi connectivity index (χ3n) is 3.83. The first kappa shape index (κ1) is 17.0. The molecule has 0 aliphatic carbocycles. The Kier molecular flexibility index (Phi) is 5.75. The van der Waals surface area contributed by atoms with Gasteiger partial charge in [0.1, 0.15) is 0 Å². The van der Waals surface area contributed by atoms with Gasteiger partial charge in [-0.15, -0.1) is 0 Å². The molecule has 0 unspecified atom stereocenters. The lowest BCUT2D eigenvalue weighted by molar-refractivity contribution is 0.0503. The van der Waals surface area contributed by atoms with Gasteiger partial charge in [-0.2, -0.15) is 0 Å². The van der Waals surface area contributed by atoms with E-state index in [2.05, 4.69) is 72.8 Å². The van der Waals surface area contributed by atoms with Crippen molar-refractivity contribution in [1.82, 2.24) is 4.57 Å². The highest BCUT2D eigenvalue weighted by molar-refractivity contribution is 9.10. The van der Waals surface area contributed by atoms with Gasteiger partial charge in [0.25, 0.3) is 0 Å². The molecule has 3 nitrogen and oxygen atoms in total. The van der Waals surface area contributed by atoms with Gasteiger partial charge in [-0.3, -0.25) is 0 Å². The number of halogens is 2. The molecule has 0 bridgehead atoms. The van der Waals surface area contributed by atoms with Crippen LogP contribution in [0.15, 0.2) is 45.3 Å². The lowest BCUT2D eigenvalue weighted by Gasteiger charge is -2.09. The van der Waals surface area contributed by atoms with Crippen LogP contribution in [-0.4, -0.2) is 31.0 Å². The summed E-state index contributed by atoms with van der Waals surface area (Å²) in [6, 6.07) is 12.9. The zero-order chi connectivity index (χ0) is 16.2. The number of benzene rings is 2. The van der Waals surface area contributed by atoms with Gasteiger partial charge in [-0.25, -0.2) is 0 Å². The Bertz CT molecular complexity index is 754. The molecule has 0 saturated heterocycles. The molecule has 2 aromatic carbocycles. The molecule has 0 aliphatic rings. The standard InChI is InChI=1S/C18H19Br2NO2/c1-2-22-9-10-23-8-7-21-17-11-13(19)3-5-15(17)16-6-4-14(20)12-18(16)21/h3-6,11-12H,2,7-10H2,1H3. The lowest BCUT2D eigenvalue weighted by atomic mass is 10.2. The Morgan fingerprint density at radius 1 is 0.826 bits per heavy atom. The second-order valence-electron chi connectivity index (χ2n) is 5.28. The van der Waals surface area contributed by atoms with E-state index in [1.54, 1.807) is 0 Å². The van der Waals surface area contributed by atoms with E-state index >= 15 is 0 Å². The second-order valence-corrected chi connectivity index (χ2v) is 7.12. The molecular formula is C18H19Br2NO2. The van der Waals surface area contributed by atoms with Crippen LogP contribution in [0.4, 0.5) is 0 Å². The maximum Gasteiger partial charge on any atom is 0.0701 e. The van der Waals surface area contributed by atoms with Gasteiger partial charge >= 0.3 is 0 Å². The van der Waals surface area contributed by atoms with E-state index in [1.165, 1.54) is 21.8 Å². The Morgan fingerprint density at radius 3 is 1.96 bits per heavy atom. The zero-order valence-electron chi connectivity index (χ0n) is 13.0. The Morgan fingerprint density at radius 2 is 1.39 bits per heavy atom. The third-order valence-corrected chi connectivity index (χ3v) is 4.81. The molecule has 0 aliphatic heterocycles. The van der Waals surface area contributed by atoms with Crippen LogP contribution in [0, 0.1) is 0 Å². The summed E-state index contributed by atoms with van der Waals surface area (Å²) in [5.74, 6) is 0. The molecule has 0 N–H and O–H groups in total. The monoisotopic (exact) mass is 439 g/mol. The number of hydrogen-bond donors (Lipinski definition) is 0. The van der Waals surface area contributed by atoms with Crippen LogP contribution in [0.3, 0.4) is 0 Å².